The van der Waals surface area contributed by atoms with E-state index in [1.165, 1.54) is 12.7 Å². The molecule has 5 atom stereocenters. The minimum atomic E-state index is -0.369. The fourth-order valence-electron chi connectivity index (χ4n) is 6.00. The van der Waals surface area contributed by atoms with Gasteiger partial charge < -0.3 is 9.53 Å². The van der Waals surface area contributed by atoms with Gasteiger partial charge in [-0.15, -0.1) is 0 Å². The number of ether oxygens (including phenoxy) is 1. The zero-order valence-electron chi connectivity index (χ0n) is 16.8. The van der Waals surface area contributed by atoms with Crippen LogP contribution in [0.3, 0.4) is 0 Å². The van der Waals surface area contributed by atoms with Crippen LogP contribution in [0.2, 0.25) is 0 Å². The van der Waals surface area contributed by atoms with E-state index in [0.29, 0.717) is 24.2 Å². The van der Waals surface area contributed by atoms with E-state index in [1.807, 2.05) is 0 Å². The standard InChI is InChI=1S/C22H36O3/c1-15(14-17(3)23)8-10-18-16(2)9-11-19-21(18,4)12-7-13-22(19,5)20(24)25-6/h15,18-19H,2,7-14H2,1,3-6H3/t15-,18-,19+,21+,22+/m0/s1. The molecule has 0 unspecified atom stereocenters. The maximum Gasteiger partial charge on any atom is 0.311 e. The zero-order chi connectivity index (χ0) is 18.8. The van der Waals surface area contributed by atoms with E-state index in [4.69, 9.17) is 4.74 Å². The van der Waals surface area contributed by atoms with Crippen molar-refractivity contribution in [3.63, 3.8) is 0 Å². The third-order valence-electron chi connectivity index (χ3n) is 7.26. The van der Waals surface area contributed by atoms with Gasteiger partial charge >= 0.3 is 5.97 Å². The van der Waals surface area contributed by atoms with Gasteiger partial charge in [0.2, 0.25) is 0 Å². The van der Waals surface area contributed by atoms with Crippen LogP contribution >= 0.6 is 0 Å². The van der Waals surface area contributed by atoms with E-state index < -0.39 is 0 Å². The maximum absolute atomic E-state index is 12.6. The van der Waals surface area contributed by atoms with Crippen LogP contribution in [0.4, 0.5) is 0 Å². The molecule has 0 radical (unpaired) electrons. The van der Waals surface area contributed by atoms with E-state index in [0.717, 1.165) is 44.9 Å². The fraction of sp³-hybridized carbons (Fsp3) is 0.818. The van der Waals surface area contributed by atoms with E-state index in [-0.39, 0.29) is 22.6 Å². The van der Waals surface area contributed by atoms with Gasteiger partial charge in [0.25, 0.3) is 0 Å². The minimum absolute atomic E-state index is 0.0420. The number of carbonyl (C=O) groups excluding carboxylic acids is 2. The second-order valence-electron chi connectivity index (χ2n) is 9.16. The molecule has 0 N–H and O–H groups in total. The van der Waals surface area contributed by atoms with Crippen molar-refractivity contribution in [3.8, 4) is 0 Å². The first-order valence-corrected chi connectivity index (χ1v) is 9.90. The minimum Gasteiger partial charge on any atom is -0.469 e. The van der Waals surface area contributed by atoms with Crippen LogP contribution in [0.25, 0.3) is 0 Å². The highest BCUT2D eigenvalue weighted by molar-refractivity contribution is 5.77. The number of rotatable bonds is 6. The highest BCUT2D eigenvalue weighted by atomic mass is 16.5. The van der Waals surface area contributed by atoms with Crippen LogP contribution in [0.1, 0.15) is 79.1 Å². The molecule has 0 aromatic rings. The number of allylic oxidation sites excluding steroid dienone is 1. The van der Waals surface area contributed by atoms with Crippen LogP contribution in [0.15, 0.2) is 12.2 Å². The average molecular weight is 349 g/mol. The van der Waals surface area contributed by atoms with Crippen molar-refractivity contribution in [3.05, 3.63) is 12.2 Å². The van der Waals surface area contributed by atoms with Crippen LogP contribution in [-0.2, 0) is 14.3 Å². The van der Waals surface area contributed by atoms with E-state index in [2.05, 4.69) is 27.4 Å². The summed E-state index contributed by atoms with van der Waals surface area (Å²) in [5.41, 5.74) is 1.10. The first-order valence-electron chi connectivity index (χ1n) is 9.90. The maximum atomic E-state index is 12.6. The molecule has 0 aromatic heterocycles. The highest BCUT2D eigenvalue weighted by Gasteiger charge is 2.57. The van der Waals surface area contributed by atoms with Crippen molar-refractivity contribution in [2.75, 3.05) is 7.11 Å². The average Bonchev–Trinajstić information content (AvgIpc) is 2.52. The molecule has 2 aliphatic rings. The summed E-state index contributed by atoms with van der Waals surface area (Å²) in [6.45, 7) is 12.7. The Morgan fingerprint density at radius 1 is 1.32 bits per heavy atom. The zero-order valence-corrected chi connectivity index (χ0v) is 16.8. The van der Waals surface area contributed by atoms with Gasteiger partial charge in [0, 0.05) is 6.42 Å². The Balaban J connectivity index is 2.21. The predicted octanol–water partition coefficient (Wildman–Crippen LogP) is 5.33. The largest absolute Gasteiger partial charge is 0.469 e. The van der Waals surface area contributed by atoms with Crippen LogP contribution < -0.4 is 0 Å². The van der Waals surface area contributed by atoms with Gasteiger partial charge in [0.05, 0.1) is 12.5 Å². The molecule has 0 spiro atoms. The lowest BCUT2D eigenvalue weighted by atomic mass is 9.46. The molecule has 0 bridgehead atoms. The molecule has 0 heterocycles. The molecule has 3 heteroatoms. The number of esters is 1. The molecule has 2 rings (SSSR count). The topological polar surface area (TPSA) is 43.4 Å². The van der Waals surface area contributed by atoms with E-state index in [9.17, 15) is 9.59 Å². The molecule has 3 nitrogen and oxygen atoms in total. The molecule has 0 aromatic carbocycles. The number of hydrogen-bond donors (Lipinski definition) is 0. The number of Topliss-reactive ketones (excluding diaryl/α,β-unsaturated/α-hetero) is 1. The molecular formula is C22H36O3. The normalized spacial score (nSPS) is 36.4. The number of methoxy groups -OCH3 is 1. The van der Waals surface area contributed by atoms with Crippen LogP contribution in [-0.4, -0.2) is 18.9 Å². The molecule has 142 valence electrons. The van der Waals surface area contributed by atoms with Gasteiger partial charge in [0.15, 0.2) is 0 Å². The molecule has 0 saturated heterocycles. The molecule has 2 fully saturated rings. The molecule has 0 amide bonds. The summed E-state index contributed by atoms with van der Waals surface area (Å²) in [4.78, 5) is 24.0. The summed E-state index contributed by atoms with van der Waals surface area (Å²) >= 11 is 0. The third-order valence-corrected chi connectivity index (χ3v) is 7.26. The van der Waals surface area contributed by atoms with Crippen molar-refractivity contribution in [2.24, 2.45) is 28.6 Å². The Morgan fingerprint density at radius 2 is 2.00 bits per heavy atom. The van der Waals surface area contributed by atoms with Crippen molar-refractivity contribution in [2.45, 2.75) is 79.1 Å². The Labute approximate surface area is 153 Å². The first-order chi connectivity index (χ1) is 11.6. The second kappa shape index (κ2) is 7.63. The van der Waals surface area contributed by atoms with E-state index in [1.54, 1.807) is 6.92 Å². The van der Waals surface area contributed by atoms with Gasteiger partial charge in [-0.3, -0.25) is 4.79 Å². The van der Waals surface area contributed by atoms with Gasteiger partial charge in [0.1, 0.15) is 5.78 Å². The monoisotopic (exact) mass is 348 g/mol. The lowest BCUT2D eigenvalue weighted by Crippen LogP contribution is -2.53. The smallest absolute Gasteiger partial charge is 0.311 e. The van der Waals surface area contributed by atoms with E-state index >= 15 is 0 Å². The second-order valence-corrected chi connectivity index (χ2v) is 9.16. The van der Waals surface area contributed by atoms with Crippen LogP contribution in [0.5, 0.6) is 0 Å². The lowest BCUT2D eigenvalue weighted by molar-refractivity contribution is -0.168. The van der Waals surface area contributed by atoms with Gasteiger partial charge in [-0.25, -0.2) is 0 Å². The molecule has 2 saturated carbocycles. The summed E-state index contributed by atoms with van der Waals surface area (Å²) in [5, 5.41) is 0. The van der Waals surface area contributed by atoms with Crippen molar-refractivity contribution in [1.82, 2.24) is 0 Å². The molecular weight excluding hydrogens is 312 g/mol. The number of fused-ring (bicyclic) bond motifs is 1. The summed E-state index contributed by atoms with van der Waals surface area (Å²) in [5.74, 6) is 1.46. The Bertz CT molecular complexity index is 537. The quantitative estimate of drug-likeness (QED) is 0.481. The first kappa shape index (κ1) is 20.2. The summed E-state index contributed by atoms with van der Waals surface area (Å²) in [6.07, 6.45) is 8.02. The summed E-state index contributed by atoms with van der Waals surface area (Å²) in [6, 6.07) is 0. The number of hydrogen-bond acceptors (Lipinski definition) is 3. The molecule has 2 aliphatic carbocycles. The fourth-order valence-corrected chi connectivity index (χ4v) is 6.00. The Hall–Kier alpha value is -1.12. The Morgan fingerprint density at radius 3 is 2.60 bits per heavy atom. The summed E-state index contributed by atoms with van der Waals surface area (Å²) < 4.78 is 5.19. The summed E-state index contributed by atoms with van der Waals surface area (Å²) in [7, 11) is 1.52. The van der Waals surface area contributed by atoms with Gasteiger partial charge in [-0.2, -0.15) is 0 Å². The predicted molar refractivity (Wildman–Crippen MR) is 101 cm³/mol. The van der Waals surface area contributed by atoms with Gasteiger partial charge in [-0.05, 0) is 75.5 Å². The molecule has 25 heavy (non-hydrogen) atoms. The number of carbonyl (C=O) groups is 2. The van der Waals surface area contributed by atoms with Crippen molar-refractivity contribution < 1.29 is 14.3 Å². The van der Waals surface area contributed by atoms with Crippen LogP contribution in [0, 0.1) is 28.6 Å². The molecule has 0 aliphatic heterocycles. The number of ketones is 1. The lowest BCUT2D eigenvalue weighted by Gasteiger charge is -2.57. The Kier molecular flexibility index (Phi) is 6.17. The third kappa shape index (κ3) is 3.85. The SMILES string of the molecule is C=C1CC[C@@H]2[C@](C)(CCC[C@@]2(C)C(=O)OC)[C@H]1CC[C@H](C)CC(C)=O. The van der Waals surface area contributed by atoms with Crippen molar-refractivity contribution >= 4 is 11.8 Å². The highest BCUT2D eigenvalue weighted by Crippen LogP contribution is 2.62. The van der Waals surface area contributed by atoms with Crippen molar-refractivity contribution in [1.29, 1.82) is 0 Å². The van der Waals surface area contributed by atoms with Gasteiger partial charge in [-0.1, -0.05) is 32.4 Å².